The fourth-order valence-electron chi connectivity index (χ4n) is 2.02. The predicted octanol–water partition coefficient (Wildman–Crippen LogP) is 4.93. The van der Waals surface area contributed by atoms with Crippen LogP contribution in [0, 0.1) is 0 Å². The van der Waals surface area contributed by atoms with E-state index in [-0.39, 0.29) is 0 Å². The van der Waals surface area contributed by atoms with Crippen LogP contribution >= 0.6 is 0 Å². The van der Waals surface area contributed by atoms with Crippen LogP contribution in [0.1, 0.15) is 50.2 Å². The molecule has 0 saturated carbocycles. The van der Waals surface area contributed by atoms with Crippen LogP contribution in [0.15, 0.2) is 36.9 Å². The van der Waals surface area contributed by atoms with Crippen molar-refractivity contribution in [3.8, 4) is 0 Å². The highest BCUT2D eigenvalue weighted by Gasteiger charge is 1.96. The monoisotopic (exact) mass is 216 g/mol. The number of aryl methyl sites for hydroxylation is 2. The molecule has 1 rings (SSSR count). The first-order valence-corrected chi connectivity index (χ1v) is 6.55. The number of rotatable bonds is 8. The summed E-state index contributed by atoms with van der Waals surface area (Å²) >= 11 is 0. The Morgan fingerprint density at radius 1 is 1.06 bits per heavy atom. The van der Waals surface area contributed by atoms with Crippen LogP contribution in [0.5, 0.6) is 0 Å². The molecule has 0 heteroatoms. The number of benzene rings is 1. The summed E-state index contributed by atoms with van der Waals surface area (Å²) in [6, 6.07) is 9.07. The summed E-state index contributed by atoms with van der Waals surface area (Å²) < 4.78 is 0. The first kappa shape index (κ1) is 13.0. The number of hydrogen-bond donors (Lipinski definition) is 0. The molecule has 1 aromatic rings. The molecule has 16 heavy (non-hydrogen) atoms. The van der Waals surface area contributed by atoms with Gasteiger partial charge in [-0.05, 0) is 43.2 Å². The quantitative estimate of drug-likeness (QED) is 0.427. The van der Waals surface area contributed by atoms with E-state index in [0.717, 1.165) is 6.42 Å². The molecule has 0 saturated heterocycles. The second-order valence-electron chi connectivity index (χ2n) is 4.46. The minimum atomic E-state index is 1.16. The molecule has 0 unspecified atom stereocenters. The molecule has 0 radical (unpaired) electrons. The van der Waals surface area contributed by atoms with Gasteiger partial charge in [-0.2, -0.15) is 0 Å². The van der Waals surface area contributed by atoms with Gasteiger partial charge in [-0.1, -0.05) is 50.1 Å². The Balaban J connectivity index is 2.30. The molecule has 88 valence electrons. The van der Waals surface area contributed by atoms with Gasteiger partial charge < -0.3 is 0 Å². The minimum absolute atomic E-state index is 1.16. The van der Waals surface area contributed by atoms with E-state index < -0.39 is 0 Å². The highest BCUT2D eigenvalue weighted by molar-refractivity contribution is 5.23. The zero-order valence-electron chi connectivity index (χ0n) is 10.5. The molecule has 0 amide bonds. The van der Waals surface area contributed by atoms with Gasteiger partial charge in [0.05, 0.1) is 0 Å². The van der Waals surface area contributed by atoms with Gasteiger partial charge in [-0.3, -0.25) is 0 Å². The lowest BCUT2D eigenvalue weighted by atomic mass is 10.0. The number of hydrogen-bond acceptors (Lipinski definition) is 0. The van der Waals surface area contributed by atoms with E-state index in [2.05, 4.69) is 37.8 Å². The van der Waals surface area contributed by atoms with Crippen molar-refractivity contribution < 1.29 is 0 Å². The molecule has 0 fully saturated rings. The van der Waals surface area contributed by atoms with E-state index in [4.69, 9.17) is 0 Å². The average Bonchev–Trinajstić information content (AvgIpc) is 2.30. The van der Waals surface area contributed by atoms with Crippen molar-refractivity contribution in [2.45, 2.75) is 51.9 Å². The predicted molar refractivity (Wildman–Crippen MR) is 72.8 cm³/mol. The van der Waals surface area contributed by atoms with Gasteiger partial charge in [0.2, 0.25) is 0 Å². The SMILES string of the molecule is C=CCCCCCc1cccc(CCC)c1. The van der Waals surface area contributed by atoms with Gasteiger partial charge in [0.15, 0.2) is 0 Å². The van der Waals surface area contributed by atoms with Crippen molar-refractivity contribution in [2.24, 2.45) is 0 Å². The highest BCUT2D eigenvalue weighted by Crippen LogP contribution is 2.11. The average molecular weight is 216 g/mol. The zero-order valence-corrected chi connectivity index (χ0v) is 10.5. The smallest absolute Gasteiger partial charge is 0.0279 e. The molecule has 0 aliphatic rings. The first-order chi connectivity index (χ1) is 7.86. The van der Waals surface area contributed by atoms with Crippen LogP contribution in [0.4, 0.5) is 0 Å². The summed E-state index contributed by atoms with van der Waals surface area (Å²) in [5, 5.41) is 0. The Morgan fingerprint density at radius 3 is 2.50 bits per heavy atom. The maximum absolute atomic E-state index is 3.75. The second-order valence-corrected chi connectivity index (χ2v) is 4.46. The summed E-state index contributed by atoms with van der Waals surface area (Å²) in [7, 11) is 0. The Kier molecular flexibility index (Phi) is 6.64. The number of unbranched alkanes of at least 4 members (excludes halogenated alkanes) is 3. The van der Waals surface area contributed by atoms with Gasteiger partial charge in [-0.15, -0.1) is 6.58 Å². The second kappa shape index (κ2) is 8.15. The topological polar surface area (TPSA) is 0 Å². The standard InChI is InChI=1S/C16H24/c1-3-5-6-7-8-11-16-13-9-12-15(14-16)10-4-2/h3,9,12-14H,1,4-8,10-11H2,2H3. The molecule has 0 heterocycles. The summed E-state index contributed by atoms with van der Waals surface area (Å²) in [6.45, 7) is 5.99. The maximum Gasteiger partial charge on any atom is -0.0279 e. The lowest BCUT2D eigenvalue weighted by molar-refractivity contribution is 0.687. The largest absolute Gasteiger partial charge is 0.103 e. The Labute approximate surface area is 100 Å². The summed E-state index contributed by atoms with van der Waals surface area (Å²) in [5.74, 6) is 0. The van der Waals surface area contributed by atoms with Crippen molar-refractivity contribution in [1.82, 2.24) is 0 Å². The van der Waals surface area contributed by atoms with Crippen LogP contribution < -0.4 is 0 Å². The first-order valence-electron chi connectivity index (χ1n) is 6.55. The lowest BCUT2D eigenvalue weighted by Gasteiger charge is -2.04. The lowest BCUT2D eigenvalue weighted by Crippen LogP contribution is -1.89. The van der Waals surface area contributed by atoms with Crippen LogP contribution in [0.3, 0.4) is 0 Å². The van der Waals surface area contributed by atoms with Crippen molar-refractivity contribution in [1.29, 1.82) is 0 Å². The third kappa shape index (κ3) is 5.16. The Bertz CT molecular complexity index is 299. The fraction of sp³-hybridized carbons (Fsp3) is 0.500. The molecule has 0 spiro atoms. The summed E-state index contributed by atoms with van der Waals surface area (Å²) in [4.78, 5) is 0. The molecule has 1 aromatic carbocycles. The highest BCUT2D eigenvalue weighted by atomic mass is 14.0. The van der Waals surface area contributed by atoms with E-state index in [1.807, 2.05) is 6.08 Å². The van der Waals surface area contributed by atoms with Crippen LogP contribution in [-0.4, -0.2) is 0 Å². The van der Waals surface area contributed by atoms with Crippen LogP contribution in [0.25, 0.3) is 0 Å². The van der Waals surface area contributed by atoms with Crippen molar-refractivity contribution >= 4 is 0 Å². The van der Waals surface area contributed by atoms with Crippen LogP contribution in [0.2, 0.25) is 0 Å². The van der Waals surface area contributed by atoms with E-state index in [0.29, 0.717) is 0 Å². The van der Waals surface area contributed by atoms with Gasteiger partial charge in [0.1, 0.15) is 0 Å². The third-order valence-electron chi connectivity index (χ3n) is 2.90. The van der Waals surface area contributed by atoms with Crippen molar-refractivity contribution in [3.63, 3.8) is 0 Å². The molecular formula is C16H24. The number of allylic oxidation sites excluding steroid dienone is 1. The van der Waals surface area contributed by atoms with E-state index >= 15 is 0 Å². The van der Waals surface area contributed by atoms with E-state index in [9.17, 15) is 0 Å². The molecular weight excluding hydrogens is 192 g/mol. The maximum atomic E-state index is 3.75. The van der Waals surface area contributed by atoms with E-state index in [1.165, 1.54) is 49.7 Å². The van der Waals surface area contributed by atoms with Gasteiger partial charge in [0.25, 0.3) is 0 Å². The Morgan fingerprint density at radius 2 is 1.81 bits per heavy atom. The molecule has 0 aromatic heterocycles. The molecule has 0 atom stereocenters. The van der Waals surface area contributed by atoms with Gasteiger partial charge >= 0.3 is 0 Å². The van der Waals surface area contributed by atoms with Crippen molar-refractivity contribution in [3.05, 3.63) is 48.0 Å². The normalized spacial score (nSPS) is 10.3. The van der Waals surface area contributed by atoms with Crippen LogP contribution in [-0.2, 0) is 12.8 Å². The van der Waals surface area contributed by atoms with Crippen molar-refractivity contribution in [2.75, 3.05) is 0 Å². The third-order valence-corrected chi connectivity index (χ3v) is 2.90. The van der Waals surface area contributed by atoms with E-state index in [1.54, 1.807) is 0 Å². The Hall–Kier alpha value is -1.04. The summed E-state index contributed by atoms with van der Waals surface area (Å²) in [5.41, 5.74) is 3.00. The van der Waals surface area contributed by atoms with Gasteiger partial charge in [0, 0.05) is 0 Å². The molecule has 0 aliphatic heterocycles. The fourth-order valence-corrected chi connectivity index (χ4v) is 2.02. The summed E-state index contributed by atoms with van der Waals surface area (Å²) in [6.07, 6.45) is 10.8. The zero-order chi connectivity index (χ0) is 11.6. The molecule has 0 aliphatic carbocycles. The van der Waals surface area contributed by atoms with Gasteiger partial charge in [-0.25, -0.2) is 0 Å². The molecule has 0 N–H and O–H groups in total. The minimum Gasteiger partial charge on any atom is -0.103 e. The molecule has 0 nitrogen and oxygen atoms in total. The molecule has 0 bridgehead atoms.